The topological polar surface area (TPSA) is 76.0 Å². The first-order valence-corrected chi connectivity index (χ1v) is 7.23. The van der Waals surface area contributed by atoms with E-state index >= 15 is 0 Å². The number of hydrogen-bond donors (Lipinski definition) is 2. The van der Waals surface area contributed by atoms with Crippen LogP contribution in [0.4, 0.5) is 0 Å². The van der Waals surface area contributed by atoms with E-state index in [9.17, 15) is 15.0 Å². The van der Waals surface area contributed by atoms with Crippen molar-refractivity contribution in [3.05, 3.63) is 0 Å². The number of methoxy groups -OCH3 is 1. The number of esters is 1. The molecule has 2 saturated carbocycles. The average Bonchev–Trinajstić information content (AvgIpc) is 2.38. The molecule has 0 aliphatic heterocycles. The third-order valence-corrected chi connectivity index (χ3v) is 4.62. The molecule has 2 fully saturated rings. The second-order valence-electron chi connectivity index (χ2n) is 5.48. The SMILES string of the molecule is CO[C@@H]1C2C[C@@H](O)CCC2[C@H](C(=O)OCCl)C[C@H]1O. The molecular formula is C13H21ClO5. The zero-order valence-corrected chi connectivity index (χ0v) is 11.8. The summed E-state index contributed by atoms with van der Waals surface area (Å²) < 4.78 is 10.3. The maximum absolute atomic E-state index is 12.0. The van der Waals surface area contributed by atoms with Crippen LogP contribution >= 0.6 is 11.6 Å². The summed E-state index contributed by atoms with van der Waals surface area (Å²) in [7, 11) is 1.56. The standard InChI is InChI=1S/C13H21ClO5/c1-18-12-9-4-7(15)2-3-8(9)10(5-11(12)16)13(17)19-6-14/h7-12,15-16H,2-6H2,1H3/t7-,8?,9?,10+,11+,12+/m0/s1. The molecule has 0 aromatic heterocycles. The Morgan fingerprint density at radius 3 is 2.63 bits per heavy atom. The van der Waals surface area contributed by atoms with E-state index in [1.54, 1.807) is 7.11 Å². The van der Waals surface area contributed by atoms with Gasteiger partial charge < -0.3 is 19.7 Å². The smallest absolute Gasteiger partial charge is 0.310 e. The van der Waals surface area contributed by atoms with E-state index in [-0.39, 0.29) is 42.0 Å². The Morgan fingerprint density at radius 1 is 1.26 bits per heavy atom. The highest BCUT2D eigenvalue weighted by Crippen LogP contribution is 2.45. The summed E-state index contributed by atoms with van der Waals surface area (Å²) in [6.45, 7) is 0. The Kier molecular flexibility index (Phi) is 5.06. The summed E-state index contributed by atoms with van der Waals surface area (Å²) >= 11 is 5.44. The van der Waals surface area contributed by atoms with Crippen molar-refractivity contribution >= 4 is 17.6 Å². The Bertz CT molecular complexity index is 324. The lowest BCUT2D eigenvalue weighted by Crippen LogP contribution is -2.52. The fourth-order valence-corrected chi connectivity index (χ4v) is 3.81. The van der Waals surface area contributed by atoms with Crippen molar-refractivity contribution in [1.29, 1.82) is 0 Å². The fourth-order valence-electron chi connectivity index (χ4n) is 3.70. The number of rotatable bonds is 3. The molecule has 0 saturated heterocycles. The molecule has 2 unspecified atom stereocenters. The van der Waals surface area contributed by atoms with Gasteiger partial charge in [0.1, 0.15) is 0 Å². The van der Waals surface area contributed by atoms with Gasteiger partial charge in [-0.05, 0) is 37.5 Å². The molecule has 0 spiro atoms. The van der Waals surface area contributed by atoms with Crippen molar-refractivity contribution in [2.75, 3.05) is 13.2 Å². The molecule has 2 aliphatic carbocycles. The number of aliphatic hydroxyl groups excluding tert-OH is 2. The summed E-state index contributed by atoms with van der Waals surface area (Å²) in [5.74, 6) is -0.620. The number of carbonyl (C=O) groups excluding carboxylic acids is 1. The number of carbonyl (C=O) groups is 1. The third-order valence-electron chi connectivity index (χ3n) is 4.51. The highest BCUT2D eigenvalue weighted by molar-refractivity contribution is 6.17. The van der Waals surface area contributed by atoms with Crippen LogP contribution in [0.15, 0.2) is 0 Å². The normalized spacial score (nSPS) is 42.5. The van der Waals surface area contributed by atoms with Crippen LogP contribution in [-0.4, -0.2) is 47.7 Å². The van der Waals surface area contributed by atoms with Crippen LogP contribution in [-0.2, 0) is 14.3 Å². The zero-order chi connectivity index (χ0) is 14.0. The predicted octanol–water partition coefficient (Wildman–Crippen LogP) is 0.899. The molecule has 0 amide bonds. The van der Waals surface area contributed by atoms with E-state index in [1.807, 2.05) is 0 Å². The monoisotopic (exact) mass is 292 g/mol. The molecule has 0 bridgehead atoms. The van der Waals surface area contributed by atoms with E-state index in [0.717, 1.165) is 6.42 Å². The quantitative estimate of drug-likeness (QED) is 0.597. The molecule has 19 heavy (non-hydrogen) atoms. The summed E-state index contributed by atoms with van der Waals surface area (Å²) in [5, 5.41) is 19.9. The number of fused-ring (bicyclic) bond motifs is 1. The summed E-state index contributed by atoms with van der Waals surface area (Å²) in [4.78, 5) is 12.0. The van der Waals surface area contributed by atoms with Crippen molar-refractivity contribution < 1.29 is 24.5 Å². The second-order valence-corrected chi connectivity index (χ2v) is 5.70. The summed E-state index contributed by atoms with van der Waals surface area (Å²) in [5.41, 5.74) is 0. The van der Waals surface area contributed by atoms with Crippen LogP contribution in [0.3, 0.4) is 0 Å². The minimum absolute atomic E-state index is 0.00891. The first-order valence-electron chi connectivity index (χ1n) is 6.70. The van der Waals surface area contributed by atoms with Crippen molar-refractivity contribution in [2.45, 2.75) is 44.0 Å². The molecule has 0 aromatic carbocycles. The third kappa shape index (κ3) is 3.05. The maximum atomic E-state index is 12.0. The van der Waals surface area contributed by atoms with E-state index in [1.165, 1.54) is 0 Å². The Balaban J connectivity index is 2.17. The van der Waals surface area contributed by atoms with Crippen LogP contribution in [0.25, 0.3) is 0 Å². The van der Waals surface area contributed by atoms with Gasteiger partial charge in [-0.25, -0.2) is 0 Å². The molecule has 5 nitrogen and oxygen atoms in total. The minimum atomic E-state index is -0.704. The number of halogens is 1. The molecule has 2 rings (SSSR count). The van der Waals surface area contributed by atoms with Gasteiger partial charge in [0.05, 0.1) is 24.2 Å². The van der Waals surface area contributed by atoms with Crippen molar-refractivity contribution in [3.63, 3.8) is 0 Å². The molecule has 6 heteroatoms. The lowest BCUT2D eigenvalue weighted by atomic mass is 9.62. The zero-order valence-electron chi connectivity index (χ0n) is 11.0. The highest BCUT2D eigenvalue weighted by atomic mass is 35.5. The van der Waals surface area contributed by atoms with Crippen LogP contribution in [0, 0.1) is 17.8 Å². The molecule has 0 aromatic rings. The fraction of sp³-hybridized carbons (Fsp3) is 0.923. The van der Waals surface area contributed by atoms with Gasteiger partial charge in [0.25, 0.3) is 0 Å². The Hall–Kier alpha value is -0.360. The number of ether oxygens (including phenoxy) is 2. The lowest BCUT2D eigenvalue weighted by molar-refractivity contribution is -0.169. The minimum Gasteiger partial charge on any atom is -0.449 e. The second kappa shape index (κ2) is 6.39. The average molecular weight is 293 g/mol. The van der Waals surface area contributed by atoms with Gasteiger partial charge in [0.2, 0.25) is 0 Å². The molecule has 2 N–H and O–H groups in total. The molecule has 110 valence electrons. The molecular weight excluding hydrogens is 272 g/mol. The van der Waals surface area contributed by atoms with Gasteiger partial charge in [-0.1, -0.05) is 11.6 Å². The van der Waals surface area contributed by atoms with Crippen molar-refractivity contribution in [1.82, 2.24) is 0 Å². The van der Waals surface area contributed by atoms with Crippen molar-refractivity contribution in [3.8, 4) is 0 Å². The first kappa shape index (κ1) is 15.0. The molecule has 0 heterocycles. The van der Waals surface area contributed by atoms with E-state index in [4.69, 9.17) is 21.1 Å². The van der Waals surface area contributed by atoms with E-state index < -0.39 is 6.10 Å². The van der Waals surface area contributed by atoms with Crippen LogP contribution < -0.4 is 0 Å². The van der Waals surface area contributed by atoms with Gasteiger partial charge in [0, 0.05) is 7.11 Å². The van der Waals surface area contributed by atoms with Gasteiger partial charge in [-0.15, -0.1) is 0 Å². The Labute approximate surface area is 117 Å². The summed E-state index contributed by atoms with van der Waals surface area (Å²) in [6.07, 6.45) is 0.924. The molecule has 2 aliphatic rings. The van der Waals surface area contributed by atoms with E-state index in [0.29, 0.717) is 19.3 Å². The number of alkyl halides is 1. The van der Waals surface area contributed by atoms with Gasteiger partial charge in [-0.2, -0.15) is 0 Å². The number of aliphatic hydroxyl groups is 2. The Morgan fingerprint density at radius 2 is 2.00 bits per heavy atom. The van der Waals surface area contributed by atoms with E-state index in [2.05, 4.69) is 0 Å². The largest absolute Gasteiger partial charge is 0.449 e. The number of hydrogen-bond acceptors (Lipinski definition) is 5. The predicted molar refractivity (Wildman–Crippen MR) is 68.6 cm³/mol. The molecule has 6 atom stereocenters. The highest BCUT2D eigenvalue weighted by Gasteiger charge is 2.49. The van der Waals surface area contributed by atoms with Crippen molar-refractivity contribution in [2.24, 2.45) is 17.8 Å². The van der Waals surface area contributed by atoms with Crippen LogP contribution in [0.5, 0.6) is 0 Å². The van der Waals surface area contributed by atoms with Crippen LogP contribution in [0.2, 0.25) is 0 Å². The summed E-state index contributed by atoms with van der Waals surface area (Å²) in [6, 6.07) is -0.168. The van der Waals surface area contributed by atoms with Gasteiger partial charge in [0.15, 0.2) is 6.07 Å². The molecule has 0 radical (unpaired) electrons. The lowest BCUT2D eigenvalue weighted by Gasteiger charge is -2.47. The maximum Gasteiger partial charge on any atom is 0.310 e. The van der Waals surface area contributed by atoms with Crippen LogP contribution in [0.1, 0.15) is 25.7 Å². The van der Waals surface area contributed by atoms with Gasteiger partial charge in [-0.3, -0.25) is 4.79 Å². The first-order chi connectivity index (χ1) is 9.08. The van der Waals surface area contributed by atoms with Gasteiger partial charge >= 0.3 is 5.97 Å².